The number of carboxylic acid groups (broad SMARTS) is 3. The number of carbonyl (C=O) groups is 5. The second kappa shape index (κ2) is 18.7. The molecule has 3 heterocycles. The van der Waals surface area contributed by atoms with E-state index in [2.05, 4.69) is 25.5 Å². The summed E-state index contributed by atoms with van der Waals surface area (Å²) in [6.45, 7) is 3.70. The molecule has 7 rings (SSSR count). The van der Waals surface area contributed by atoms with Gasteiger partial charge >= 0.3 is 0 Å². The van der Waals surface area contributed by atoms with Crippen LogP contribution in [0.3, 0.4) is 0 Å². The van der Waals surface area contributed by atoms with Gasteiger partial charge in [-0.2, -0.15) is 35.5 Å². The molecular weight excluding hydrogens is 909 g/mol. The van der Waals surface area contributed by atoms with E-state index < -0.39 is 94.4 Å². The van der Waals surface area contributed by atoms with Crippen LogP contribution < -0.4 is 30.4 Å². The largest absolute Gasteiger partial charge is 0.858 e. The van der Waals surface area contributed by atoms with Gasteiger partial charge in [0, 0.05) is 5.56 Å². The van der Waals surface area contributed by atoms with Crippen LogP contribution in [-0.4, -0.2) is 82.9 Å². The average Bonchev–Trinajstić information content (AvgIpc) is 3.90. The molecule has 1 atom stereocenters. The maximum atomic E-state index is 12.9. The molecule has 0 fully saturated rings. The molecule has 2 aliphatic rings. The summed E-state index contributed by atoms with van der Waals surface area (Å²) in [7, 11) is -9.41. The maximum Gasteiger partial charge on any atom is 0.281 e. The van der Waals surface area contributed by atoms with Gasteiger partial charge in [-0.15, -0.1) is 0 Å². The highest BCUT2D eigenvalue weighted by Crippen LogP contribution is 2.28. The van der Waals surface area contributed by atoms with Crippen molar-refractivity contribution in [1.82, 2.24) is 9.78 Å². The summed E-state index contributed by atoms with van der Waals surface area (Å²) in [5, 5.41) is 67.5. The molecule has 338 valence electrons. The van der Waals surface area contributed by atoms with Crippen molar-refractivity contribution in [2.75, 3.05) is 10.0 Å². The number of amides is 2. The first-order chi connectivity index (χ1) is 31.0. The highest BCUT2D eigenvalue weighted by molar-refractivity contribution is 7.86. The minimum Gasteiger partial charge on any atom is -0.858 e. The molecule has 5 aromatic rings. The number of carbonyl (C=O) groups excluding carboxylic acids is 5. The van der Waals surface area contributed by atoms with E-state index >= 15 is 0 Å². The van der Waals surface area contributed by atoms with E-state index in [0.29, 0.717) is 16.4 Å². The van der Waals surface area contributed by atoms with Gasteiger partial charge in [0.1, 0.15) is 37.4 Å². The van der Waals surface area contributed by atoms with Gasteiger partial charge in [0.25, 0.3) is 11.8 Å². The second-order valence-electron chi connectivity index (χ2n) is 13.7. The molecule has 0 spiro atoms. The van der Waals surface area contributed by atoms with Crippen molar-refractivity contribution in [1.29, 1.82) is 0 Å². The van der Waals surface area contributed by atoms with Crippen molar-refractivity contribution >= 4 is 84.5 Å². The van der Waals surface area contributed by atoms with Gasteiger partial charge in [-0.05, 0) is 98.6 Å². The third-order valence-corrected chi connectivity index (χ3v) is 10.8. The number of azo groups is 1. The fourth-order valence-electron chi connectivity index (χ4n) is 5.84. The van der Waals surface area contributed by atoms with Crippen LogP contribution in [0.2, 0.25) is 0 Å². The Morgan fingerprint density at radius 3 is 1.65 bits per heavy atom. The number of carboxylic acids is 3. The van der Waals surface area contributed by atoms with Gasteiger partial charge in [-0.25, -0.2) is 21.5 Å². The van der Waals surface area contributed by atoms with E-state index in [-0.39, 0.29) is 16.9 Å². The Morgan fingerprint density at radius 2 is 1.17 bits per heavy atom. The van der Waals surface area contributed by atoms with E-state index in [1.54, 1.807) is 48.5 Å². The zero-order chi connectivity index (χ0) is 48.2. The number of nitrogens with zero attached hydrogens (tertiary/aromatic N) is 8. The number of aliphatic carboxylic acids is 2. The molecule has 25 heteroatoms. The molecule has 0 N–H and O–H groups in total. The van der Waals surface area contributed by atoms with Crippen molar-refractivity contribution in [3.8, 4) is 11.6 Å². The van der Waals surface area contributed by atoms with Gasteiger partial charge in [0.2, 0.25) is 0 Å². The lowest BCUT2D eigenvalue weighted by atomic mass is 10.1. The van der Waals surface area contributed by atoms with Gasteiger partial charge < -0.3 is 43.9 Å². The van der Waals surface area contributed by atoms with Crippen LogP contribution in [0.4, 0.5) is 17.1 Å². The summed E-state index contributed by atoms with van der Waals surface area (Å²) < 4.78 is 67.1. The van der Waals surface area contributed by atoms with E-state index in [1.807, 2.05) is 13.8 Å². The number of rotatable bonds is 12. The number of aromatic carboxylic acids is 1. The summed E-state index contributed by atoms with van der Waals surface area (Å²) in [4.78, 5) is 58.8. The first-order valence-corrected chi connectivity index (χ1v) is 21.2. The first kappa shape index (κ1) is 47.0. The maximum absolute atomic E-state index is 12.9. The number of anilines is 2. The van der Waals surface area contributed by atoms with Crippen molar-refractivity contribution in [2.24, 2.45) is 20.4 Å². The molecule has 0 saturated heterocycles. The minimum absolute atomic E-state index is 0.0472. The number of allylic oxidation sites excluding steroid dienone is 2. The van der Waals surface area contributed by atoms with Crippen molar-refractivity contribution in [3.63, 3.8) is 0 Å². The average molecular weight is 935 g/mol. The van der Waals surface area contributed by atoms with Crippen LogP contribution in [0.5, 0.6) is 5.88 Å². The molecule has 0 bridgehead atoms. The standard InChI is InChI=1S/C24H18N4O9S.C17H14N4O6S/c1-13-5-7-14(8-6-13)27-21(29)17(19(25-27)23(31)32)3-2-4-18-20(24(33)34)26-28(22(18)30)15-9-11-16(12-10-15)38(35,36)37;1-10-2-4-11(5-3-10)18-19-14-15(17(23)24)20-21(16(14)22)12-6-8-13(9-7-12)28(25,26)27/h2-12,29H,1H3,(H,31,32)(H,33,34)(H,35,36,37);2-9,14H,1H3,(H,23,24)(H,25,26,27)/p-6/b3-2+,18-4?;. The third kappa shape index (κ3) is 10.3. The SMILES string of the molecule is Cc1ccc(-n2nc(C(=O)[O-])c(/C=C/C=C3C(=O)N(c4ccc(S(=O)(=O)[O-])cc4)N=C3C(=O)[O-])c2[O-])cc1.Cc1ccc(N=NC2C(=O)N(c3ccc(S(=O)(=O)[O-])cc3)N=C2C(=O)[O-])cc1. The molecule has 2 aliphatic heterocycles. The summed E-state index contributed by atoms with van der Waals surface area (Å²) in [5.41, 5.74) is -0.343. The Kier molecular flexibility index (Phi) is 13.3. The second-order valence-corrected chi connectivity index (χ2v) is 16.4. The number of hydrazone groups is 2. The van der Waals surface area contributed by atoms with Crippen molar-refractivity contribution in [3.05, 3.63) is 137 Å². The summed E-state index contributed by atoms with van der Waals surface area (Å²) >= 11 is 0. The Labute approximate surface area is 372 Å². The van der Waals surface area contributed by atoms with E-state index in [1.165, 1.54) is 0 Å². The topological polar surface area (TPSA) is 366 Å². The molecule has 0 aliphatic carbocycles. The number of hydrogen-bond donors (Lipinski definition) is 0. The molecule has 0 radical (unpaired) electrons. The number of aryl methyl sites for hydroxylation is 2. The van der Waals surface area contributed by atoms with Gasteiger partial charge in [0.05, 0.1) is 56.0 Å². The molecular formula is C41H26N8O15S2-6. The van der Waals surface area contributed by atoms with Crippen LogP contribution in [0.25, 0.3) is 11.8 Å². The van der Waals surface area contributed by atoms with Gasteiger partial charge in [-0.1, -0.05) is 47.5 Å². The third-order valence-electron chi connectivity index (χ3n) is 9.13. The van der Waals surface area contributed by atoms with Gasteiger partial charge in [-0.3, -0.25) is 9.59 Å². The van der Waals surface area contributed by atoms with Crippen molar-refractivity contribution < 1.29 is 70.3 Å². The van der Waals surface area contributed by atoms with Crippen LogP contribution >= 0.6 is 0 Å². The molecule has 23 nitrogen and oxygen atoms in total. The highest BCUT2D eigenvalue weighted by atomic mass is 32.2. The van der Waals surface area contributed by atoms with Gasteiger partial charge in [0.15, 0.2) is 6.04 Å². The fraction of sp³-hybridized carbons (Fsp3) is 0.0732. The lowest BCUT2D eigenvalue weighted by Crippen LogP contribution is -2.39. The quantitative estimate of drug-likeness (QED) is 0.0832. The number of hydrogen-bond acceptors (Lipinski definition) is 20. The van der Waals surface area contributed by atoms with Crippen LogP contribution in [0.15, 0.2) is 145 Å². The van der Waals surface area contributed by atoms with E-state index in [9.17, 15) is 70.3 Å². The summed E-state index contributed by atoms with van der Waals surface area (Å²) in [6.07, 6.45) is 3.07. The zero-order valence-corrected chi connectivity index (χ0v) is 35.2. The molecule has 0 saturated carbocycles. The first-order valence-electron chi connectivity index (χ1n) is 18.4. The van der Waals surface area contributed by atoms with Crippen LogP contribution in [-0.2, 0) is 39.4 Å². The fourth-order valence-corrected chi connectivity index (χ4v) is 6.78. The van der Waals surface area contributed by atoms with Crippen LogP contribution in [0, 0.1) is 13.8 Å². The Balaban J connectivity index is 0.000000229. The number of aromatic nitrogens is 2. The smallest absolute Gasteiger partial charge is 0.281 e. The normalized spacial score (nSPS) is 15.9. The predicted molar refractivity (Wildman–Crippen MR) is 217 cm³/mol. The molecule has 2 amide bonds. The molecule has 66 heavy (non-hydrogen) atoms. The lowest BCUT2D eigenvalue weighted by molar-refractivity contribution is -0.295. The summed E-state index contributed by atoms with van der Waals surface area (Å²) in [5.74, 6) is -7.81. The zero-order valence-electron chi connectivity index (χ0n) is 33.6. The monoisotopic (exact) mass is 934 g/mol. The highest BCUT2D eigenvalue weighted by Gasteiger charge is 2.38. The van der Waals surface area contributed by atoms with Crippen LogP contribution in [0.1, 0.15) is 27.2 Å². The molecule has 4 aromatic carbocycles. The minimum atomic E-state index is -4.75. The van der Waals surface area contributed by atoms with E-state index in [0.717, 1.165) is 87.6 Å². The number of benzene rings is 4. The molecule has 1 aromatic heterocycles. The van der Waals surface area contributed by atoms with E-state index in [4.69, 9.17) is 0 Å². The Bertz CT molecular complexity index is 3180. The Morgan fingerprint density at radius 1 is 0.667 bits per heavy atom. The summed E-state index contributed by atoms with van der Waals surface area (Å²) in [6, 6.07) is 20.1. The molecule has 1 unspecified atom stereocenters. The van der Waals surface area contributed by atoms with Crippen molar-refractivity contribution in [2.45, 2.75) is 29.7 Å². The lowest BCUT2D eigenvalue weighted by Gasteiger charge is -2.13. The Hall–Kier alpha value is -8.52. The predicted octanol–water partition coefficient (Wildman–Crippen LogP) is -0.882.